The van der Waals surface area contributed by atoms with Crippen molar-refractivity contribution >= 4 is 0 Å². The molecular formula is C17H29FN2. The van der Waals surface area contributed by atoms with Crippen LogP contribution in [0.4, 0.5) is 4.39 Å². The molecular weight excluding hydrogens is 251 g/mol. The van der Waals surface area contributed by atoms with Crippen LogP contribution < -0.4 is 5.73 Å². The molecule has 2 N–H and O–H groups in total. The standard InChI is InChI=1S/C17H29FN2/c1-4-6-10-20(11-7-5-2)17(13-19)15-9-8-14(3)16(18)12-15/h8-9,12,17H,4-7,10-11,13,19H2,1-3H3. The third-order valence-electron chi connectivity index (χ3n) is 3.84. The summed E-state index contributed by atoms with van der Waals surface area (Å²) in [7, 11) is 0. The fraction of sp³-hybridized carbons (Fsp3) is 0.647. The van der Waals surface area contributed by atoms with Crippen LogP contribution in [0.5, 0.6) is 0 Å². The second kappa shape index (κ2) is 9.09. The van der Waals surface area contributed by atoms with Crippen LogP contribution in [0.2, 0.25) is 0 Å². The second-order valence-corrected chi connectivity index (χ2v) is 5.50. The second-order valence-electron chi connectivity index (χ2n) is 5.50. The first-order valence-electron chi connectivity index (χ1n) is 7.84. The Balaban J connectivity index is 2.88. The van der Waals surface area contributed by atoms with Crippen LogP contribution >= 0.6 is 0 Å². The molecule has 3 heteroatoms. The minimum Gasteiger partial charge on any atom is -0.329 e. The smallest absolute Gasteiger partial charge is 0.126 e. The van der Waals surface area contributed by atoms with Gasteiger partial charge in [-0.15, -0.1) is 0 Å². The zero-order valence-corrected chi connectivity index (χ0v) is 13.2. The average molecular weight is 280 g/mol. The van der Waals surface area contributed by atoms with E-state index in [1.807, 2.05) is 12.1 Å². The fourth-order valence-corrected chi connectivity index (χ4v) is 2.46. The molecule has 1 atom stereocenters. The molecule has 0 bridgehead atoms. The SMILES string of the molecule is CCCCN(CCCC)C(CN)c1ccc(C)c(F)c1. The van der Waals surface area contributed by atoms with Crippen LogP contribution in [-0.4, -0.2) is 24.5 Å². The van der Waals surface area contributed by atoms with Crippen LogP contribution in [-0.2, 0) is 0 Å². The molecule has 1 aromatic carbocycles. The van der Waals surface area contributed by atoms with Gasteiger partial charge < -0.3 is 5.73 Å². The summed E-state index contributed by atoms with van der Waals surface area (Å²) in [5, 5.41) is 0. The molecule has 0 spiro atoms. The normalized spacial score (nSPS) is 12.9. The van der Waals surface area contributed by atoms with E-state index in [0.29, 0.717) is 12.1 Å². The lowest BCUT2D eigenvalue weighted by molar-refractivity contribution is 0.195. The van der Waals surface area contributed by atoms with Crippen LogP contribution in [0, 0.1) is 12.7 Å². The Morgan fingerprint density at radius 1 is 1.15 bits per heavy atom. The Morgan fingerprint density at radius 3 is 2.20 bits per heavy atom. The van der Waals surface area contributed by atoms with E-state index < -0.39 is 0 Å². The molecule has 1 aromatic rings. The number of nitrogens with two attached hydrogens (primary N) is 1. The summed E-state index contributed by atoms with van der Waals surface area (Å²) in [4.78, 5) is 2.41. The predicted octanol–water partition coefficient (Wildman–Crippen LogP) is 4.04. The number of halogens is 1. The van der Waals surface area contributed by atoms with Crippen molar-refractivity contribution in [3.8, 4) is 0 Å². The van der Waals surface area contributed by atoms with Crippen molar-refractivity contribution < 1.29 is 4.39 Å². The summed E-state index contributed by atoms with van der Waals surface area (Å²) < 4.78 is 13.8. The van der Waals surface area contributed by atoms with E-state index in [1.54, 1.807) is 13.0 Å². The van der Waals surface area contributed by atoms with E-state index in [9.17, 15) is 4.39 Å². The van der Waals surface area contributed by atoms with Crippen molar-refractivity contribution in [2.45, 2.75) is 52.5 Å². The van der Waals surface area contributed by atoms with Crippen molar-refractivity contribution in [1.29, 1.82) is 0 Å². The minimum absolute atomic E-state index is 0.128. The Bertz CT molecular complexity index is 385. The molecule has 0 saturated heterocycles. The van der Waals surface area contributed by atoms with Gasteiger partial charge in [0.1, 0.15) is 5.82 Å². The lowest BCUT2D eigenvalue weighted by Gasteiger charge is -2.31. The van der Waals surface area contributed by atoms with Gasteiger partial charge in [0.15, 0.2) is 0 Å². The van der Waals surface area contributed by atoms with Crippen LogP contribution in [0.1, 0.15) is 56.7 Å². The van der Waals surface area contributed by atoms with E-state index in [1.165, 1.54) is 12.8 Å². The number of benzene rings is 1. The van der Waals surface area contributed by atoms with Gasteiger partial charge >= 0.3 is 0 Å². The maximum absolute atomic E-state index is 13.8. The highest BCUT2D eigenvalue weighted by atomic mass is 19.1. The molecule has 114 valence electrons. The number of nitrogens with zero attached hydrogens (tertiary/aromatic N) is 1. The Morgan fingerprint density at radius 2 is 1.75 bits per heavy atom. The van der Waals surface area contributed by atoms with E-state index >= 15 is 0 Å². The number of aryl methyl sites for hydroxylation is 1. The molecule has 0 aliphatic rings. The highest BCUT2D eigenvalue weighted by Gasteiger charge is 2.19. The van der Waals surface area contributed by atoms with Gasteiger partial charge in [0.2, 0.25) is 0 Å². The van der Waals surface area contributed by atoms with Gasteiger partial charge in [-0.1, -0.05) is 38.8 Å². The maximum atomic E-state index is 13.8. The minimum atomic E-state index is -0.133. The summed E-state index contributed by atoms with van der Waals surface area (Å²) in [6, 6.07) is 5.65. The van der Waals surface area contributed by atoms with Crippen molar-refractivity contribution in [1.82, 2.24) is 4.90 Å². The lowest BCUT2D eigenvalue weighted by atomic mass is 10.0. The summed E-state index contributed by atoms with van der Waals surface area (Å²) in [6.45, 7) is 8.79. The lowest BCUT2D eigenvalue weighted by Crippen LogP contribution is -2.35. The number of rotatable bonds is 9. The molecule has 0 heterocycles. The molecule has 0 fully saturated rings. The van der Waals surface area contributed by atoms with Gasteiger partial charge in [-0.25, -0.2) is 4.39 Å². The summed E-state index contributed by atoms with van der Waals surface area (Å²) >= 11 is 0. The van der Waals surface area contributed by atoms with Crippen molar-refractivity contribution in [3.05, 3.63) is 35.1 Å². The van der Waals surface area contributed by atoms with Crippen molar-refractivity contribution in [3.63, 3.8) is 0 Å². The van der Waals surface area contributed by atoms with Crippen molar-refractivity contribution in [2.75, 3.05) is 19.6 Å². The molecule has 2 nitrogen and oxygen atoms in total. The first kappa shape index (κ1) is 17.1. The zero-order chi connectivity index (χ0) is 15.0. The molecule has 20 heavy (non-hydrogen) atoms. The van der Waals surface area contributed by atoms with Crippen LogP contribution in [0.3, 0.4) is 0 Å². The van der Waals surface area contributed by atoms with E-state index in [4.69, 9.17) is 5.73 Å². The molecule has 0 aliphatic heterocycles. The molecule has 0 saturated carbocycles. The largest absolute Gasteiger partial charge is 0.329 e. The number of hydrogen-bond acceptors (Lipinski definition) is 2. The Kier molecular flexibility index (Phi) is 7.78. The third kappa shape index (κ3) is 4.88. The van der Waals surface area contributed by atoms with E-state index in [0.717, 1.165) is 31.5 Å². The monoisotopic (exact) mass is 280 g/mol. The third-order valence-corrected chi connectivity index (χ3v) is 3.84. The Labute approximate surface area is 123 Å². The molecule has 0 aromatic heterocycles. The quantitative estimate of drug-likeness (QED) is 0.740. The van der Waals surface area contributed by atoms with E-state index in [2.05, 4.69) is 18.7 Å². The van der Waals surface area contributed by atoms with Crippen LogP contribution in [0.15, 0.2) is 18.2 Å². The zero-order valence-electron chi connectivity index (χ0n) is 13.2. The van der Waals surface area contributed by atoms with Gasteiger partial charge in [-0.3, -0.25) is 4.90 Å². The molecule has 1 rings (SSSR count). The van der Waals surface area contributed by atoms with E-state index in [-0.39, 0.29) is 11.9 Å². The highest BCUT2D eigenvalue weighted by molar-refractivity contribution is 5.26. The molecule has 0 aliphatic carbocycles. The first-order valence-corrected chi connectivity index (χ1v) is 7.84. The number of unbranched alkanes of at least 4 members (excludes halogenated alkanes) is 2. The summed E-state index contributed by atoms with van der Waals surface area (Å²) in [5.74, 6) is -0.133. The molecule has 0 amide bonds. The average Bonchev–Trinajstić information content (AvgIpc) is 2.45. The highest BCUT2D eigenvalue weighted by Crippen LogP contribution is 2.23. The van der Waals surface area contributed by atoms with Crippen molar-refractivity contribution in [2.24, 2.45) is 5.73 Å². The molecule has 0 radical (unpaired) electrons. The van der Waals surface area contributed by atoms with Gasteiger partial charge in [0.25, 0.3) is 0 Å². The molecule has 1 unspecified atom stereocenters. The Hall–Kier alpha value is -0.930. The van der Waals surface area contributed by atoms with Gasteiger partial charge in [0, 0.05) is 12.6 Å². The first-order chi connectivity index (χ1) is 9.63. The van der Waals surface area contributed by atoms with Gasteiger partial charge in [-0.05, 0) is 50.0 Å². The van der Waals surface area contributed by atoms with Crippen LogP contribution in [0.25, 0.3) is 0 Å². The maximum Gasteiger partial charge on any atom is 0.126 e. The topological polar surface area (TPSA) is 29.3 Å². The van der Waals surface area contributed by atoms with Gasteiger partial charge in [-0.2, -0.15) is 0 Å². The fourth-order valence-electron chi connectivity index (χ4n) is 2.46. The predicted molar refractivity (Wildman–Crippen MR) is 84.3 cm³/mol. The van der Waals surface area contributed by atoms with Gasteiger partial charge in [0.05, 0.1) is 0 Å². The summed E-state index contributed by atoms with van der Waals surface area (Å²) in [6.07, 6.45) is 4.66. The number of hydrogen-bond donors (Lipinski definition) is 1. The summed E-state index contributed by atoms with van der Waals surface area (Å²) in [5.41, 5.74) is 7.67.